The summed E-state index contributed by atoms with van der Waals surface area (Å²) in [5.74, 6) is 0.374. The maximum atomic E-state index is 11.4. The SMILES string of the molecule is C[Si](C)(C)CCOC(=O)Oc1ccc(C=O)cc1. The van der Waals surface area contributed by atoms with Crippen molar-refractivity contribution in [2.45, 2.75) is 25.7 Å². The molecule has 0 aliphatic rings. The van der Waals surface area contributed by atoms with Gasteiger partial charge >= 0.3 is 6.16 Å². The van der Waals surface area contributed by atoms with E-state index in [2.05, 4.69) is 19.6 Å². The van der Waals surface area contributed by atoms with Crippen LogP contribution >= 0.6 is 0 Å². The van der Waals surface area contributed by atoms with Crippen LogP contribution in [0.2, 0.25) is 25.7 Å². The molecule has 18 heavy (non-hydrogen) atoms. The molecule has 0 atom stereocenters. The second-order valence-electron chi connectivity index (χ2n) is 5.20. The molecular weight excluding hydrogens is 248 g/mol. The van der Waals surface area contributed by atoms with Crippen molar-refractivity contribution in [3.8, 4) is 5.75 Å². The fraction of sp³-hybridized carbons (Fsp3) is 0.385. The van der Waals surface area contributed by atoms with Crippen molar-refractivity contribution in [1.82, 2.24) is 0 Å². The standard InChI is InChI=1S/C13H18O4Si/c1-18(2,3)9-8-16-13(15)17-12-6-4-11(10-14)5-7-12/h4-7,10H,8-9H2,1-3H3. The van der Waals surface area contributed by atoms with Crippen molar-refractivity contribution in [2.24, 2.45) is 0 Å². The van der Waals surface area contributed by atoms with Gasteiger partial charge in [0.2, 0.25) is 0 Å². The van der Waals surface area contributed by atoms with Crippen LogP contribution in [0.5, 0.6) is 5.75 Å². The van der Waals surface area contributed by atoms with Crippen LogP contribution < -0.4 is 4.74 Å². The van der Waals surface area contributed by atoms with Gasteiger partial charge in [0.25, 0.3) is 0 Å². The highest BCUT2D eigenvalue weighted by Crippen LogP contribution is 2.12. The Labute approximate surface area is 108 Å². The van der Waals surface area contributed by atoms with E-state index in [1.165, 1.54) is 0 Å². The van der Waals surface area contributed by atoms with E-state index in [4.69, 9.17) is 9.47 Å². The van der Waals surface area contributed by atoms with Crippen molar-refractivity contribution in [1.29, 1.82) is 0 Å². The summed E-state index contributed by atoms with van der Waals surface area (Å²) in [6, 6.07) is 7.19. The van der Waals surface area contributed by atoms with E-state index < -0.39 is 14.2 Å². The first kappa shape index (κ1) is 14.4. The minimum Gasteiger partial charge on any atom is -0.434 e. The molecule has 0 fully saturated rings. The van der Waals surface area contributed by atoms with Crippen molar-refractivity contribution < 1.29 is 19.1 Å². The van der Waals surface area contributed by atoms with Crippen LogP contribution in [0.4, 0.5) is 4.79 Å². The monoisotopic (exact) mass is 266 g/mol. The van der Waals surface area contributed by atoms with Gasteiger partial charge in [-0.3, -0.25) is 4.79 Å². The molecule has 5 heteroatoms. The Hall–Kier alpha value is -1.62. The summed E-state index contributed by atoms with van der Waals surface area (Å²) >= 11 is 0. The van der Waals surface area contributed by atoms with Crippen LogP contribution in [0.15, 0.2) is 24.3 Å². The Morgan fingerprint density at radius 1 is 1.22 bits per heavy atom. The van der Waals surface area contributed by atoms with E-state index in [1.54, 1.807) is 24.3 Å². The quantitative estimate of drug-likeness (QED) is 0.355. The van der Waals surface area contributed by atoms with E-state index in [1.807, 2.05) is 0 Å². The second kappa shape index (κ2) is 6.35. The third-order valence-electron chi connectivity index (χ3n) is 2.29. The molecule has 98 valence electrons. The molecule has 0 amide bonds. The number of carbonyl (C=O) groups is 2. The first-order chi connectivity index (χ1) is 8.40. The maximum absolute atomic E-state index is 11.4. The van der Waals surface area contributed by atoms with Crippen LogP contribution in [0.3, 0.4) is 0 Å². The molecule has 0 radical (unpaired) electrons. The Morgan fingerprint density at radius 3 is 2.33 bits per heavy atom. The molecule has 0 heterocycles. The van der Waals surface area contributed by atoms with Crippen LogP contribution in [-0.2, 0) is 4.74 Å². The van der Waals surface area contributed by atoms with Gasteiger partial charge in [0.15, 0.2) is 0 Å². The summed E-state index contributed by atoms with van der Waals surface area (Å²) in [5, 5.41) is 0. The predicted molar refractivity (Wildman–Crippen MR) is 72.0 cm³/mol. The third kappa shape index (κ3) is 5.63. The average molecular weight is 266 g/mol. The lowest BCUT2D eigenvalue weighted by Gasteiger charge is -2.14. The number of benzene rings is 1. The minimum atomic E-state index is -1.20. The Morgan fingerprint density at radius 2 is 1.83 bits per heavy atom. The van der Waals surface area contributed by atoms with Gasteiger partial charge in [-0.1, -0.05) is 19.6 Å². The number of aldehydes is 1. The largest absolute Gasteiger partial charge is 0.513 e. The van der Waals surface area contributed by atoms with Crippen LogP contribution in [0.1, 0.15) is 10.4 Å². The van der Waals surface area contributed by atoms with Crippen molar-refractivity contribution in [3.63, 3.8) is 0 Å². The van der Waals surface area contributed by atoms with E-state index in [0.717, 1.165) is 12.3 Å². The molecule has 4 nitrogen and oxygen atoms in total. The Kier molecular flexibility index (Phi) is 5.09. The predicted octanol–water partition coefficient (Wildman–Crippen LogP) is 3.35. The normalized spacial score (nSPS) is 10.8. The Balaban J connectivity index is 2.37. The highest BCUT2D eigenvalue weighted by atomic mass is 28.3. The zero-order valence-electron chi connectivity index (χ0n) is 10.9. The lowest BCUT2D eigenvalue weighted by atomic mass is 10.2. The molecule has 0 spiro atoms. The molecule has 0 saturated heterocycles. The van der Waals surface area contributed by atoms with Gasteiger partial charge in [-0.25, -0.2) is 4.79 Å². The summed E-state index contributed by atoms with van der Waals surface area (Å²) in [7, 11) is -1.20. The lowest BCUT2D eigenvalue weighted by molar-refractivity contribution is 0.104. The molecule has 1 aromatic carbocycles. The molecule has 0 aliphatic carbocycles. The van der Waals surface area contributed by atoms with E-state index in [-0.39, 0.29) is 0 Å². The van der Waals surface area contributed by atoms with Gasteiger partial charge in [0, 0.05) is 13.6 Å². The van der Waals surface area contributed by atoms with Gasteiger partial charge in [-0.05, 0) is 30.3 Å². The van der Waals surface area contributed by atoms with E-state index in [0.29, 0.717) is 17.9 Å². The molecule has 1 aromatic rings. The molecule has 0 saturated carbocycles. The molecule has 1 rings (SSSR count). The summed E-state index contributed by atoms with van der Waals surface area (Å²) in [4.78, 5) is 21.8. The number of rotatable bonds is 5. The number of ether oxygens (including phenoxy) is 2. The van der Waals surface area contributed by atoms with Gasteiger partial charge < -0.3 is 9.47 Å². The van der Waals surface area contributed by atoms with Crippen molar-refractivity contribution in [3.05, 3.63) is 29.8 Å². The number of hydrogen-bond acceptors (Lipinski definition) is 4. The fourth-order valence-corrected chi connectivity index (χ4v) is 1.90. The zero-order chi connectivity index (χ0) is 13.6. The topological polar surface area (TPSA) is 52.6 Å². The molecule has 0 aromatic heterocycles. The molecular formula is C13H18O4Si. The molecule has 0 bridgehead atoms. The highest BCUT2D eigenvalue weighted by Gasteiger charge is 2.14. The minimum absolute atomic E-state index is 0.374. The van der Waals surface area contributed by atoms with Crippen molar-refractivity contribution in [2.75, 3.05) is 6.61 Å². The maximum Gasteiger partial charge on any atom is 0.513 e. The van der Waals surface area contributed by atoms with Crippen molar-refractivity contribution >= 4 is 20.5 Å². The molecule has 0 N–H and O–H groups in total. The van der Waals surface area contributed by atoms with Gasteiger partial charge in [-0.15, -0.1) is 0 Å². The van der Waals surface area contributed by atoms with E-state index >= 15 is 0 Å². The van der Waals surface area contributed by atoms with E-state index in [9.17, 15) is 9.59 Å². The van der Waals surface area contributed by atoms with Crippen LogP contribution in [0, 0.1) is 0 Å². The van der Waals surface area contributed by atoms with Crippen LogP contribution in [-0.4, -0.2) is 27.1 Å². The van der Waals surface area contributed by atoms with Gasteiger partial charge in [0.05, 0.1) is 6.61 Å². The number of carbonyl (C=O) groups excluding carboxylic acids is 2. The third-order valence-corrected chi connectivity index (χ3v) is 3.99. The fourth-order valence-electron chi connectivity index (χ4n) is 1.18. The average Bonchev–Trinajstić information content (AvgIpc) is 2.28. The lowest BCUT2D eigenvalue weighted by Crippen LogP contribution is -2.23. The van der Waals surface area contributed by atoms with Crippen LogP contribution in [0.25, 0.3) is 0 Å². The smallest absolute Gasteiger partial charge is 0.434 e. The molecule has 0 unspecified atom stereocenters. The summed E-state index contributed by atoms with van der Waals surface area (Å²) in [6.07, 6.45) is 0.0304. The number of hydrogen-bond donors (Lipinski definition) is 0. The Bertz CT molecular complexity index is 406. The zero-order valence-corrected chi connectivity index (χ0v) is 11.9. The summed E-state index contributed by atoms with van der Waals surface area (Å²) in [5.41, 5.74) is 0.537. The first-order valence-corrected chi connectivity index (χ1v) is 9.51. The summed E-state index contributed by atoms with van der Waals surface area (Å²) in [6.45, 7) is 7.01. The second-order valence-corrected chi connectivity index (χ2v) is 10.8. The summed E-state index contributed by atoms with van der Waals surface area (Å²) < 4.78 is 9.95. The van der Waals surface area contributed by atoms with Gasteiger partial charge in [-0.2, -0.15) is 0 Å². The molecule has 0 aliphatic heterocycles. The van der Waals surface area contributed by atoms with Gasteiger partial charge in [0.1, 0.15) is 12.0 Å². The highest BCUT2D eigenvalue weighted by molar-refractivity contribution is 6.76. The first-order valence-electron chi connectivity index (χ1n) is 5.80.